The van der Waals surface area contributed by atoms with Gasteiger partial charge in [0.05, 0.1) is 17.1 Å². The number of fused-ring (bicyclic) bond motifs is 1. The van der Waals surface area contributed by atoms with Gasteiger partial charge < -0.3 is 14.9 Å². The number of hydrogen-bond acceptors (Lipinski definition) is 4. The third-order valence-electron chi connectivity index (χ3n) is 3.77. The van der Waals surface area contributed by atoms with Crippen LogP contribution in [0.3, 0.4) is 0 Å². The molecule has 0 aliphatic rings. The van der Waals surface area contributed by atoms with Crippen LogP contribution in [0.2, 0.25) is 0 Å². The van der Waals surface area contributed by atoms with Gasteiger partial charge in [-0.05, 0) is 31.5 Å². The molecule has 0 spiro atoms. The van der Waals surface area contributed by atoms with Crippen LogP contribution < -0.4 is 5.73 Å². The Labute approximate surface area is 123 Å². The molecule has 6 heteroatoms. The summed E-state index contributed by atoms with van der Waals surface area (Å²) < 4.78 is 4.19. The number of benzene rings is 1. The molecule has 0 saturated heterocycles. The maximum Gasteiger partial charge on any atom is 0.155 e. The molecule has 1 atom stereocenters. The van der Waals surface area contributed by atoms with E-state index in [1.165, 1.54) is 0 Å². The number of rotatable bonds is 4. The zero-order valence-electron chi connectivity index (χ0n) is 12.6. The molecule has 2 N–H and O–H groups in total. The lowest BCUT2D eigenvalue weighted by molar-refractivity contribution is 0.560. The molecule has 0 radical (unpaired) electrons. The monoisotopic (exact) mass is 284 g/mol. The van der Waals surface area contributed by atoms with Gasteiger partial charge in [0, 0.05) is 19.2 Å². The van der Waals surface area contributed by atoms with E-state index in [4.69, 9.17) is 10.7 Å². The molecule has 3 rings (SSSR count). The van der Waals surface area contributed by atoms with Crippen LogP contribution in [-0.4, -0.2) is 24.3 Å². The number of imidazole rings is 1. The van der Waals surface area contributed by atoms with Crippen LogP contribution in [0.4, 0.5) is 5.69 Å². The highest BCUT2D eigenvalue weighted by Gasteiger charge is 2.20. The molecule has 6 nitrogen and oxygen atoms in total. The highest BCUT2D eigenvalue weighted by atomic mass is 15.3. The van der Waals surface area contributed by atoms with Crippen LogP contribution in [0.5, 0.6) is 0 Å². The largest absolute Gasteiger partial charge is 0.399 e. The first-order valence-electron chi connectivity index (χ1n) is 7.22. The van der Waals surface area contributed by atoms with Crippen LogP contribution in [0.15, 0.2) is 24.5 Å². The molecule has 0 bridgehead atoms. The summed E-state index contributed by atoms with van der Waals surface area (Å²) in [5.41, 5.74) is 8.64. The number of hydrogen-bond donors (Lipinski definition) is 1. The molecule has 110 valence electrons. The van der Waals surface area contributed by atoms with Crippen molar-refractivity contribution < 1.29 is 0 Å². The van der Waals surface area contributed by atoms with Crippen molar-refractivity contribution in [3.8, 4) is 0 Å². The second-order valence-corrected chi connectivity index (χ2v) is 5.37. The molecule has 21 heavy (non-hydrogen) atoms. The standard InChI is InChI=1S/C15H20N6/c1-4-5-14-18-12-8-11(16)6-7-13(12)21(14)10(2)15-19-17-9-20(15)3/h6-10H,4-5,16H2,1-3H3. The SMILES string of the molecule is CCCc1nc2cc(N)ccc2n1C(C)c1nncn1C. The third-order valence-corrected chi connectivity index (χ3v) is 3.77. The van der Waals surface area contributed by atoms with E-state index >= 15 is 0 Å². The Hall–Kier alpha value is -2.37. The normalized spacial score (nSPS) is 12.9. The van der Waals surface area contributed by atoms with Crippen molar-refractivity contribution >= 4 is 16.7 Å². The van der Waals surface area contributed by atoms with E-state index in [9.17, 15) is 0 Å². The van der Waals surface area contributed by atoms with E-state index < -0.39 is 0 Å². The summed E-state index contributed by atoms with van der Waals surface area (Å²) in [7, 11) is 1.96. The van der Waals surface area contributed by atoms with Gasteiger partial charge in [-0.25, -0.2) is 4.98 Å². The lowest BCUT2D eigenvalue weighted by Crippen LogP contribution is -2.14. The topological polar surface area (TPSA) is 74.6 Å². The van der Waals surface area contributed by atoms with Crippen molar-refractivity contribution in [2.75, 3.05) is 5.73 Å². The highest BCUT2D eigenvalue weighted by Crippen LogP contribution is 2.26. The van der Waals surface area contributed by atoms with Crippen molar-refractivity contribution in [2.45, 2.75) is 32.7 Å². The lowest BCUT2D eigenvalue weighted by Gasteiger charge is -2.16. The summed E-state index contributed by atoms with van der Waals surface area (Å²) >= 11 is 0. The Morgan fingerprint density at radius 2 is 2.14 bits per heavy atom. The second kappa shape index (κ2) is 5.20. The molecule has 2 aromatic heterocycles. The Bertz CT molecular complexity index is 770. The summed E-state index contributed by atoms with van der Waals surface area (Å²) in [6.07, 6.45) is 3.70. The van der Waals surface area contributed by atoms with Gasteiger partial charge in [-0.3, -0.25) is 0 Å². The van der Waals surface area contributed by atoms with Crippen molar-refractivity contribution in [3.63, 3.8) is 0 Å². The van der Waals surface area contributed by atoms with Gasteiger partial charge in [0.15, 0.2) is 5.82 Å². The van der Waals surface area contributed by atoms with Gasteiger partial charge in [-0.15, -0.1) is 10.2 Å². The van der Waals surface area contributed by atoms with Gasteiger partial charge in [0.2, 0.25) is 0 Å². The molecule has 2 heterocycles. The molecule has 1 unspecified atom stereocenters. The van der Waals surface area contributed by atoms with Crippen LogP contribution in [0.25, 0.3) is 11.0 Å². The Morgan fingerprint density at radius 1 is 1.33 bits per heavy atom. The molecule has 0 amide bonds. The molecular formula is C15H20N6. The Kier molecular flexibility index (Phi) is 3.37. The summed E-state index contributed by atoms with van der Waals surface area (Å²) in [5.74, 6) is 1.98. The van der Waals surface area contributed by atoms with E-state index in [0.29, 0.717) is 0 Å². The van der Waals surface area contributed by atoms with E-state index in [0.717, 1.165) is 41.2 Å². The van der Waals surface area contributed by atoms with E-state index in [1.54, 1.807) is 6.33 Å². The van der Waals surface area contributed by atoms with Crippen LogP contribution >= 0.6 is 0 Å². The molecule has 1 aromatic carbocycles. The third kappa shape index (κ3) is 2.26. The lowest BCUT2D eigenvalue weighted by atomic mass is 10.2. The zero-order valence-corrected chi connectivity index (χ0v) is 12.6. The molecule has 3 aromatic rings. The fourth-order valence-electron chi connectivity index (χ4n) is 2.78. The summed E-state index contributed by atoms with van der Waals surface area (Å²) in [5, 5.41) is 8.22. The van der Waals surface area contributed by atoms with E-state index in [1.807, 2.05) is 29.8 Å². The predicted molar refractivity (Wildman–Crippen MR) is 83.0 cm³/mol. The number of nitrogens with zero attached hydrogens (tertiary/aromatic N) is 5. The number of aromatic nitrogens is 5. The molecule has 0 fully saturated rings. The number of anilines is 1. The molecular weight excluding hydrogens is 264 g/mol. The van der Waals surface area contributed by atoms with Crippen LogP contribution in [-0.2, 0) is 13.5 Å². The van der Waals surface area contributed by atoms with Crippen molar-refractivity contribution in [2.24, 2.45) is 7.05 Å². The summed E-state index contributed by atoms with van der Waals surface area (Å²) in [6, 6.07) is 5.95. The van der Waals surface area contributed by atoms with Gasteiger partial charge in [0.25, 0.3) is 0 Å². The van der Waals surface area contributed by atoms with Crippen molar-refractivity contribution in [1.29, 1.82) is 0 Å². The molecule has 0 saturated carbocycles. The number of nitrogen functional groups attached to an aromatic ring is 1. The zero-order chi connectivity index (χ0) is 15.0. The van der Waals surface area contributed by atoms with Gasteiger partial charge in [-0.2, -0.15) is 0 Å². The summed E-state index contributed by atoms with van der Waals surface area (Å²) in [6.45, 7) is 4.28. The van der Waals surface area contributed by atoms with Gasteiger partial charge >= 0.3 is 0 Å². The predicted octanol–water partition coefficient (Wildman–Crippen LogP) is 2.31. The number of nitrogens with two attached hydrogens (primary N) is 1. The molecule has 0 aliphatic carbocycles. The minimum absolute atomic E-state index is 0.0766. The van der Waals surface area contributed by atoms with Crippen molar-refractivity contribution in [1.82, 2.24) is 24.3 Å². The fourth-order valence-corrected chi connectivity index (χ4v) is 2.78. The average Bonchev–Trinajstić information content (AvgIpc) is 3.01. The first-order valence-corrected chi connectivity index (χ1v) is 7.22. The number of aryl methyl sites for hydroxylation is 2. The Balaban J connectivity index is 2.19. The maximum absolute atomic E-state index is 5.88. The maximum atomic E-state index is 5.88. The highest BCUT2D eigenvalue weighted by molar-refractivity contribution is 5.80. The summed E-state index contributed by atoms with van der Waals surface area (Å²) in [4.78, 5) is 4.75. The van der Waals surface area contributed by atoms with Crippen LogP contribution in [0.1, 0.15) is 38.0 Å². The van der Waals surface area contributed by atoms with Gasteiger partial charge in [-0.1, -0.05) is 6.92 Å². The minimum Gasteiger partial charge on any atom is -0.399 e. The van der Waals surface area contributed by atoms with Crippen LogP contribution in [0, 0.1) is 0 Å². The fraction of sp³-hybridized carbons (Fsp3) is 0.400. The van der Waals surface area contributed by atoms with Crippen molar-refractivity contribution in [3.05, 3.63) is 36.2 Å². The first-order chi connectivity index (χ1) is 10.1. The minimum atomic E-state index is 0.0766. The molecule has 0 aliphatic heterocycles. The second-order valence-electron chi connectivity index (χ2n) is 5.37. The Morgan fingerprint density at radius 3 is 2.81 bits per heavy atom. The van der Waals surface area contributed by atoms with E-state index in [-0.39, 0.29) is 6.04 Å². The quantitative estimate of drug-likeness (QED) is 0.746. The first kappa shape index (κ1) is 13.6. The van der Waals surface area contributed by atoms with E-state index in [2.05, 4.69) is 28.6 Å². The average molecular weight is 284 g/mol. The smallest absolute Gasteiger partial charge is 0.155 e. The van der Waals surface area contributed by atoms with Gasteiger partial charge in [0.1, 0.15) is 12.2 Å².